The maximum Gasteiger partial charge on any atom is 0.251 e. The largest absolute Gasteiger partial charge is 0.350 e. The summed E-state index contributed by atoms with van der Waals surface area (Å²) in [5, 5.41) is 2.96. The number of hydrogen-bond donors (Lipinski definition) is 3. The van der Waals surface area contributed by atoms with Gasteiger partial charge in [-0.2, -0.15) is 11.8 Å². The quantitative estimate of drug-likeness (QED) is 0.534. The molecule has 0 aliphatic rings. The highest BCUT2D eigenvalue weighted by atomic mass is 32.2. The van der Waals surface area contributed by atoms with Gasteiger partial charge >= 0.3 is 0 Å². The fraction of sp³-hybridized carbons (Fsp3) is 0.417. The summed E-state index contributed by atoms with van der Waals surface area (Å²) in [5.74, 6) is 6.27. The van der Waals surface area contributed by atoms with E-state index >= 15 is 0 Å². The fourth-order valence-electron chi connectivity index (χ4n) is 1.39. The smallest absolute Gasteiger partial charge is 0.251 e. The van der Waals surface area contributed by atoms with Gasteiger partial charge in [0.15, 0.2) is 0 Å². The number of nitrogens with one attached hydrogen (secondary N) is 2. The first kappa shape index (κ1) is 13.9. The zero-order chi connectivity index (χ0) is 12.7. The van der Waals surface area contributed by atoms with E-state index in [0.717, 1.165) is 17.9 Å². The van der Waals surface area contributed by atoms with Gasteiger partial charge in [-0.1, -0.05) is 0 Å². The lowest BCUT2D eigenvalue weighted by molar-refractivity contribution is 0.0939. The summed E-state index contributed by atoms with van der Waals surface area (Å²) in [6.45, 7) is 2.02. The number of hydrazine groups is 1. The van der Waals surface area contributed by atoms with Crippen LogP contribution >= 0.6 is 11.8 Å². The van der Waals surface area contributed by atoms with Crippen LogP contribution in [0.1, 0.15) is 23.7 Å². The van der Waals surface area contributed by atoms with E-state index in [1.54, 1.807) is 36.0 Å². The molecule has 0 aliphatic heterocycles. The first-order valence-electron chi connectivity index (χ1n) is 5.54. The van der Waals surface area contributed by atoms with Crippen molar-refractivity contribution in [2.75, 3.05) is 17.4 Å². The van der Waals surface area contributed by atoms with Gasteiger partial charge in [0, 0.05) is 17.3 Å². The monoisotopic (exact) mass is 253 g/mol. The molecule has 17 heavy (non-hydrogen) atoms. The molecule has 1 rings (SSSR count). The van der Waals surface area contributed by atoms with E-state index in [4.69, 9.17) is 5.84 Å². The third kappa shape index (κ3) is 4.66. The van der Waals surface area contributed by atoms with Crippen molar-refractivity contribution in [2.24, 2.45) is 5.84 Å². The minimum atomic E-state index is -0.0397. The first-order valence-corrected chi connectivity index (χ1v) is 6.93. The summed E-state index contributed by atoms with van der Waals surface area (Å²) in [6.07, 6.45) is 3.04. The molecule has 1 unspecified atom stereocenters. The lowest BCUT2D eigenvalue weighted by Crippen LogP contribution is -2.32. The molecule has 0 aromatic heterocycles. The zero-order valence-corrected chi connectivity index (χ0v) is 11.0. The third-order valence-corrected chi connectivity index (χ3v) is 3.09. The predicted octanol–water partition coefficient (Wildman–Crippen LogP) is 1.84. The van der Waals surface area contributed by atoms with Crippen LogP contribution < -0.4 is 16.6 Å². The molecule has 4 N–H and O–H groups in total. The van der Waals surface area contributed by atoms with Crippen LogP contribution in [-0.2, 0) is 0 Å². The van der Waals surface area contributed by atoms with Crippen LogP contribution in [0.4, 0.5) is 5.69 Å². The summed E-state index contributed by atoms with van der Waals surface area (Å²) in [7, 11) is 0. The molecule has 1 aromatic carbocycles. The molecule has 0 radical (unpaired) electrons. The normalized spacial score (nSPS) is 11.9. The summed E-state index contributed by atoms with van der Waals surface area (Å²) in [6, 6.07) is 7.27. The van der Waals surface area contributed by atoms with E-state index < -0.39 is 0 Å². The Morgan fingerprint density at radius 1 is 1.41 bits per heavy atom. The van der Waals surface area contributed by atoms with Crippen molar-refractivity contribution >= 4 is 23.4 Å². The van der Waals surface area contributed by atoms with Crippen LogP contribution in [0.2, 0.25) is 0 Å². The van der Waals surface area contributed by atoms with Gasteiger partial charge in [-0.3, -0.25) is 10.6 Å². The minimum absolute atomic E-state index is 0.0397. The Labute approximate surface area is 106 Å². The van der Waals surface area contributed by atoms with Crippen molar-refractivity contribution in [3.8, 4) is 0 Å². The van der Waals surface area contributed by atoms with E-state index in [2.05, 4.69) is 17.0 Å². The molecular formula is C12H19N3OS. The first-order chi connectivity index (χ1) is 8.17. The molecule has 94 valence electrons. The van der Waals surface area contributed by atoms with Crippen LogP contribution in [0.25, 0.3) is 0 Å². The average Bonchev–Trinajstić information content (AvgIpc) is 2.36. The molecule has 0 spiro atoms. The molecule has 0 aliphatic carbocycles. The number of nitrogens with two attached hydrogens (primary N) is 1. The Bertz CT molecular complexity index is 353. The van der Waals surface area contributed by atoms with E-state index in [9.17, 15) is 4.79 Å². The van der Waals surface area contributed by atoms with Crippen molar-refractivity contribution in [3.05, 3.63) is 29.8 Å². The zero-order valence-electron chi connectivity index (χ0n) is 10.2. The Morgan fingerprint density at radius 2 is 2.06 bits per heavy atom. The molecule has 0 heterocycles. The van der Waals surface area contributed by atoms with Crippen LogP contribution in [0.15, 0.2) is 24.3 Å². The molecule has 4 nitrogen and oxygen atoms in total. The molecule has 1 aromatic rings. The van der Waals surface area contributed by atoms with Gasteiger partial charge in [0.1, 0.15) is 0 Å². The Kier molecular flexibility index (Phi) is 5.86. The molecule has 0 saturated carbocycles. The summed E-state index contributed by atoms with van der Waals surface area (Å²) >= 11 is 1.78. The van der Waals surface area contributed by atoms with E-state index in [-0.39, 0.29) is 11.9 Å². The van der Waals surface area contributed by atoms with E-state index in [0.29, 0.717) is 5.56 Å². The minimum Gasteiger partial charge on any atom is -0.350 e. The third-order valence-electron chi connectivity index (χ3n) is 2.45. The fourth-order valence-corrected chi connectivity index (χ4v) is 1.98. The Hall–Kier alpha value is -1.20. The number of amides is 1. The summed E-state index contributed by atoms with van der Waals surface area (Å²) < 4.78 is 0. The van der Waals surface area contributed by atoms with Crippen molar-refractivity contribution in [2.45, 2.75) is 19.4 Å². The van der Waals surface area contributed by atoms with Crippen LogP contribution in [0.3, 0.4) is 0 Å². The molecule has 1 atom stereocenters. The number of carbonyl (C=O) groups is 1. The Morgan fingerprint density at radius 3 is 2.59 bits per heavy atom. The van der Waals surface area contributed by atoms with Crippen LogP contribution in [0, 0.1) is 0 Å². The summed E-state index contributed by atoms with van der Waals surface area (Å²) in [5.41, 5.74) is 3.97. The number of hydrogen-bond acceptors (Lipinski definition) is 4. The molecule has 0 bridgehead atoms. The standard InChI is InChI=1S/C12H19N3OS/c1-9(7-8-17-2)14-12(16)10-3-5-11(15-13)6-4-10/h3-6,9,15H,7-8,13H2,1-2H3,(H,14,16). The highest BCUT2D eigenvalue weighted by Gasteiger charge is 2.08. The lowest BCUT2D eigenvalue weighted by Gasteiger charge is -2.13. The average molecular weight is 253 g/mol. The van der Waals surface area contributed by atoms with Gasteiger partial charge in [-0.05, 0) is 49.6 Å². The van der Waals surface area contributed by atoms with Crippen LogP contribution in [-0.4, -0.2) is 24.0 Å². The Balaban J connectivity index is 2.51. The van der Waals surface area contributed by atoms with Crippen molar-refractivity contribution < 1.29 is 4.79 Å². The van der Waals surface area contributed by atoms with Gasteiger partial charge < -0.3 is 10.7 Å². The maximum absolute atomic E-state index is 11.8. The van der Waals surface area contributed by atoms with E-state index in [1.165, 1.54) is 0 Å². The predicted molar refractivity (Wildman–Crippen MR) is 74.2 cm³/mol. The second-order valence-electron chi connectivity index (χ2n) is 3.88. The second kappa shape index (κ2) is 7.19. The maximum atomic E-state index is 11.8. The van der Waals surface area contributed by atoms with Crippen LogP contribution in [0.5, 0.6) is 0 Å². The topological polar surface area (TPSA) is 67.2 Å². The van der Waals surface area contributed by atoms with Gasteiger partial charge in [-0.25, -0.2) is 0 Å². The lowest BCUT2D eigenvalue weighted by atomic mass is 10.1. The van der Waals surface area contributed by atoms with Gasteiger partial charge in [-0.15, -0.1) is 0 Å². The number of benzene rings is 1. The highest BCUT2D eigenvalue weighted by Crippen LogP contribution is 2.08. The van der Waals surface area contributed by atoms with E-state index in [1.807, 2.05) is 6.92 Å². The molecule has 0 fully saturated rings. The van der Waals surface area contributed by atoms with Gasteiger partial charge in [0.25, 0.3) is 5.91 Å². The van der Waals surface area contributed by atoms with Crippen molar-refractivity contribution in [3.63, 3.8) is 0 Å². The number of carbonyl (C=O) groups excluding carboxylic acids is 1. The number of rotatable bonds is 6. The SMILES string of the molecule is CSCCC(C)NC(=O)c1ccc(NN)cc1. The van der Waals surface area contributed by atoms with Crippen molar-refractivity contribution in [1.82, 2.24) is 5.32 Å². The molecule has 1 amide bonds. The molecule has 0 saturated heterocycles. The van der Waals surface area contributed by atoms with Gasteiger partial charge in [0.2, 0.25) is 0 Å². The summed E-state index contributed by atoms with van der Waals surface area (Å²) in [4.78, 5) is 11.8. The second-order valence-corrected chi connectivity index (χ2v) is 4.86. The van der Waals surface area contributed by atoms with Crippen molar-refractivity contribution in [1.29, 1.82) is 0 Å². The number of anilines is 1. The molecule has 5 heteroatoms. The number of thioether (sulfide) groups is 1. The number of nitrogen functional groups attached to an aromatic ring is 1. The molecular weight excluding hydrogens is 234 g/mol. The highest BCUT2D eigenvalue weighted by molar-refractivity contribution is 7.98. The van der Waals surface area contributed by atoms with Gasteiger partial charge in [0.05, 0.1) is 0 Å².